The molecule has 6 nitrogen and oxygen atoms in total. The summed E-state index contributed by atoms with van der Waals surface area (Å²) in [5.74, 6) is 0.989. The molecular weight excluding hydrogens is 352 g/mol. The molecule has 2 amide bonds. The van der Waals surface area contributed by atoms with Crippen molar-refractivity contribution in [1.82, 2.24) is 19.8 Å². The summed E-state index contributed by atoms with van der Waals surface area (Å²) in [4.78, 5) is 31.3. The Labute approximate surface area is 166 Å². The van der Waals surface area contributed by atoms with Crippen LogP contribution in [0.3, 0.4) is 0 Å². The molecule has 0 bridgehead atoms. The van der Waals surface area contributed by atoms with Crippen LogP contribution in [0.25, 0.3) is 11.0 Å². The van der Waals surface area contributed by atoms with Crippen LogP contribution in [0.5, 0.6) is 0 Å². The number of allylic oxidation sites excluding steroid dienone is 1. The van der Waals surface area contributed by atoms with Gasteiger partial charge in [0.05, 0.1) is 11.0 Å². The van der Waals surface area contributed by atoms with Crippen LogP contribution in [0.2, 0.25) is 0 Å². The van der Waals surface area contributed by atoms with Crippen LogP contribution in [-0.2, 0) is 22.6 Å². The van der Waals surface area contributed by atoms with Crippen molar-refractivity contribution in [2.24, 2.45) is 0 Å². The molecular formula is C22H30N4O2. The van der Waals surface area contributed by atoms with Gasteiger partial charge >= 0.3 is 0 Å². The Balaban J connectivity index is 1.71. The van der Waals surface area contributed by atoms with Crippen molar-refractivity contribution >= 4 is 22.8 Å². The topological polar surface area (TPSA) is 67.2 Å². The summed E-state index contributed by atoms with van der Waals surface area (Å²) in [5, 5.41) is 2.87. The number of nitrogens with zero attached hydrogens (tertiary/aromatic N) is 3. The summed E-state index contributed by atoms with van der Waals surface area (Å²) in [5.41, 5.74) is 1.91. The van der Waals surface area contributed by atoms with E-state index in [-0.39, 0.29) is 11.8 Å². The maximum atomic E-state index is 13.0. The highest BCUT2D eigenvalue weighted by atomic mass is 16.2. The number of likely N-dealkylation sites (tertiary alicyclic amines) is 1. The van der Waals surface area contributed by atoms with Gasteiger partial charge in [0.1, 0.15) is 12.4 Å². The first-order valence-corrected chi connectivity index (χ1v) is 10.2. The number of carbonyl (C=O) groups excluding carboxylic acids is 2. The number of nitrogens with one attached hydrogen (secondary N) is 1. The number of rotatable bonds is 7. The van der Waals surface area contributed by atoms with E-state index in [1.54, 1.807) is 6.08 Å². The Kier molecular flexibility index (Phi) is 6.85. The van der Waals surface area contributed by atoms with Gasteiger partial charge in [-0.15, -0.1) is 0 Å². The molecule has 1 aliphatic rings. The first-order valence-electron chi connectivity index (χ1n) is 10.2. The normalized spacial score (nSPS) is 17.4. The van der Waals surface area contributed by atoms with Gasteiger partial charge in [0.2, 0.25) is 11.8 Å². The predicted octanol–water partition coefficient (Wildman–Crippen LogP) is 3.06. The molecule has 28 heavy (non-hydrogen) atoms. The first kappa shape index (κ1) is 20.1. The van der Waals surface area contributed by atoms with Crippen LogP contribution in [0, 0.1) is 0 Å². The van der Waals surface area contributed by atoms with Crippen LogP contribution in [0.4, 0.5) is 0 Å². The highest BCUT2D eigenvalue weighted by Crippen LogP contribution is 2.20. The number of carbonyl (C=O) groups is 2. The van der Waals surface area contributed by atoms with Crippen LogP contribution in [0.1, 0.15) is 45.4 Å². The lowest BCUT2D eigenvalue weighted by molar-refractivity contribution is -0.135. The van der Waals surface area contributed by atoms with Crippen molar-refractivity contribution in [3.8, 4) is 0 Å². The van der Waals surface area contributed by atoms with Crippen molar-refractivity contribution in [1.29, 1.82) is 0 Å². The van der Waals surface area contributed by atoms with E-state index < -0.39 is 0 Å². The zero-order chi connectivity index (χ0) is 19.9. The largest absolute Gasteiger partial charge is 0.353 e. The molecule has 6 heteroatoms. The molecule has 1 aromatic heterocycles. The number of aryl methyl sites for hydroxylation is 1. The minimum absolute atomic E-state index is 0.0785. The standard InChI is InChI=1S/C22H30N4O2/c1-3-9-21(27)23-14-8-13-20-24-18-11-4-5-12-19(18)26(20)16-22(28)25-15-7-6-10-17(25)2/h3-5,9,11-12,17H,6-8,10,13-16H2,1-2H3,(H,23,27)/b9-3-. The monoisotopic (exact) mass is 382 g/mol. The fraction of sp³-hybridized carbons (Fsp3) is 0.500. The van der Waals surface area contributed by atoms with Crippen molar-refractivity contribution in [2.45, 2.75) is 58.5 Å². The van der Waals surface area contributed by atoms with Crippen LogP contribution in [0.15, 0.2) is 36.4 Å². The summed E-state index contributed by atoms with van der Waals surface area (Å²) in [6.07, 6.45) is 8.10. The van der Waals surface area contributed by atoms with Crippen molar-refractivity contribution in [3.05, 3.63) is 42.2 Å². The van der Waals surface area contributed by atoms with Gasteiger partial charge in [-0.3, -0.25) is 9.59 Å². The predicted molar refractivity (Wildman–Crippen MR) is 111 cm³/mol. The average Bonchev–Trinajstić information content (AvgIpc) is 3.03. The Morgan fingerprint density at radius 2 is 2.11 bits per heavy atom. The molecule has 3 rings (SSSR count). The Bertz CT molecular complexity index is 855. The van der Waals surface area contributed by atoms with Crippen molar-refractivity contribution in [3.63, 3.8) is 0 Å². The van der Waals surface area contributed by atoms with Gasteiger partial charge in [-0.1, -0.05) is 18.2 Å². The smallest absolute Gasteiger partial charge is 0.243 e. The Hall–Kier alpha value is -2.63. The minimum Gasteiger partial charge on any atom is -0.353 e. The lowest BCUT2D eigenvalue weighted by Gasteiger charge is -2.33. The number of aromatic nitrogens is 2. The first-order chi connectivity index (χ1) is 13.6. The van der Waals surface area contributed by atoms with Crippen LogP contribution in [-0.4, -0.2) is 45.4 Å². The highest BCUT2D eigenvalue weighted by molar-refractivity contribution is 5.87. The van der Waals surface area contributed by atoms with Gasteiger partial charge in [0.15, 0.2) is 0 Å². The second-order valence-electron chi connectivity index (χ2n) is 7.43. The zero-order valence-electron chi connectivity index (χ0n) is 16.9. The van der Waals surface area contributed by atoms with E-state index in [9.17, 15) is 9.59 Å². The summed E-state index contributed by atoms with van der Waals surface area (Å²) in [7, 11) is 0. The van der Waals surface area contributed by atoms with Crippen LogP contribution < -0.4 is 5.32 Å². The van der Waals surface area contributed by atoms with Gasteiger partial charge in [0, 0.05) is 25.6 Å². The second-order valence-corrected chi connectivity index (χ2v) is 7.43. The van der Waals surface area contributed by atoms with Gasteiger partial charge in [0.25, 0.3) is 0 Å². The maximum absolute atomic E-state index is 13.0. The number of para-hydroxylation sites is 2. The van der Waals surface area contributed by atoms with E-state index >= 15 is 0 Å². The third kappa shape index (κ3) is 4.80. The SMILES string of the molecule is C/C=C\C(=O)NCCCc1nc2ccccc2n1CC(=O)N1CCCCC1C. The van der Waals surface area contributed by atoms with E-state index in [2.05, 4.69) is 12.2 Å². The van der Waals surface area contributed by atoms with E-state index in [0.29, 0.717) is 25.6 Å². The quantitative estimate of drug-likeness (QED) is 0.591. The van der Waals surface area contributed by atoms with Crippen molar-refractivity contribution < 1.29 is 9.59 Å². The summed E-state index contributed by atoms with van der Waals surface area (Å²) in [6.45, 7) is 5.72. The molecule has 1 atom stereocenters. The molecule has 0 spiro atoms. The average molecular weight is 383 g/mol. The van der Waals surface area contributed by atoms with Gasteiger partial charge in [-0.05, 0) is 57.7 Å². The molecule has 150 valence electrons. The number of benzene rings is 1. The number of amides is 2. The zero-order valence-corrected chi connectivity index (χ0v) is 16.9. The fourth-order valence-corrected chi connectivity index (χ4v) is 3.86. The molecule has 1 aliphatic heterocycles. The van der Waals surface area contributed by atoms with Crippen LogP contribution >= 0.6 is 0 Å². The fourth-order valence-electron chi connectivity index (χ4n) is 3.86. The summed E-state index contributed by atoms with van der Waals surface area (Å²) >= 11 is 0. The van der Waals surface area contributed by atoms with Gasteiger partial charge in [-0.2, -0.15) is 0 Å². The number of hydrogen-bond acceptors (Lipinski definition) is 3. The number of fused-ring (bicyclic) bond motifs is 1. The van der Waals surface area contributed by atoms with E-state index in [0.717, 1.165) is 42.7 Å². The summed E-state index contributed by atoms with van der Waals surface area (Å²) in [6, 6.07) is 8.26. The summed E-state index contributed by atoms with van der Waals surface area (Å²) < 4.78 is 2.05. The molecule has 0 radical (unpaired) electrons. The molecule has 0 saturated carbocycles. The van der Waals surface area contributed by atoms with E-state index in [1.807, 2.05) is 40.7 Å². The number of hydrogen-bond donors (Lipinski definition) is 1. The Morgan fingerprint density at radius 3 is 2.89 bits per heavy atom. The number of imidazole rings is 1. The van der Waals surface area contributed by atoms with E-state index in [1.165, 1.54) is 12.5 Å². The van der Waals surface area contributed by atoms with Gasteiger partial charge < -0.3 is 14.8 Å². The third-order valence-electron chi connectivity index (χ3n) is 5.34. The van der Waals surface area contributed by atoms with E-state index in [4.69, 9.17) is 4.98 Å². The molecule has 0 aliphatic carbocycles. The lowest BCUT2D eigenvalue weighted by Crippen LogP contribution is -2.43. The molecule has 2 aromatic rings. The molecule has 1 aromatic carbocycles. The molecule has 1 N–H and O–H groups in total. The molecule has 1 unspecified atom stereocenters. The second kappa shape index (κ2) is 9.53. The Morgan fingerprint density at radius 1 is 1.29 bits per heavy atom. The minimum atomic E-state index is -0.0785. The molecule has 1 fully saturated rings. The number of piperidine rings is 1. The highest BCUT2D eigenvalue weighted by Gasteiger charge is 2.24. The van der Waals surface area contributed by atoms with Gasteiger partial charge in [-0.25, -0.2) is 4.98 Å². The lowest BCUT2D eigenvalue weighted by atomic mass is 10.0. The maximum Gasteiger partial charge on any atom is 0.243 e. The molecule has 2 heterocycles. The third-order valence-corrected chi connectivity index (χ3v) is 5.34. The molecule has 1 saturated heterocycles. The van der Waals surface area contributed by atoms with Crippen molar-refractivity contribution in [2.75, 3.05) is 13.1 Å².